The maximum absolute atomic E-state index is 13.5. The van der Waals surface area contributed by atoms with E-state index in [9.17, 15) is 33.7 Å². The summed E-state index contributed by atoms with van der Waals surface area (Å²) in [7, 11) is -22.8. The van der Waals surface area contributed by atoms with E-state index < -0.39 is 81.4 Å². The molecule has 0 heterocycles. The van der Waals surface area contributed by atoms with E-state index >= 15 is 0 Å². The SMILES string of the molecule is CCCCCCC(C(S(=O)(=O)NCC#N)(S(=O)(=O)NCC#N)S(=O)(=O)NCC#N)S(=O)(=O)NCC#N. The summed E-state index contributed by atoms with van der Waals surface area (Å²) in [5.41, 5.74) is 0. The van der Waals surface area contributed by atoms with Gasteiger partial charge in [0.05, 0.1) is 50.5 Å². The molecule has 1 atom stereocenters. The van der Waals surface area contributed by atoms with Crippen LogP contribution in [0, 0.1) is 45.3 Å². The van der Waals surface area contributed by atoms with E-state index in [2.05, 4.69) is 0 Å². The smallest absolute Gasteiger partial charge is 0.212 e. The minimum absolute atomic E-state index is 0.164. The van der Waals surface area contributed by atoms with Gasteiger partial charge in [0.2, 0.25) is 10.0 Å². The average molecular weight is 587 g/mol. The van der Waals surface area contributed by atoms with Crippen molar-refractivity contribution in [3.05, 3.63) is 0 Å². The second kappa shape index (κ2) is 14.4. The van der Waals surface area contributed by atoms with Crippen molar-refractivity contribution in [2.24, 2.45) is 0 Å². The van der Waals surface area contributed by atoms with Gasteiger partial charge >= 0.3 is 3.41 Å². The van der Waals surface area contributed by atoms with Crippen molar-refractivity contribution in [2.45, 2.75) is 47.7 Å². The van der Waals surface area contributed by atoms with Crippen LogP contribution in [0.5, 0.6) is 0 Å². The third-order valence-corrected chi connectivity index (χ3v) is 15.5. The lowest BCUT2D eigenvalue weighted by Gasteiger charge is -2.37. The molecule has 0 rings (SSSR count). The van der Waals surface area contributed by atoms with Crippen molar-refractivity contribution in [2.75, 3.05) is 26.2 Å². The van der Waals surface area contributed by atoms with Crippen molar-refractivity contribution in [1.82, 2.24) is 18.9 Å². The molecule has 0 spiro atoms. The number of unbranched alkanes of at least 4 members (excludes halogenated alkanes) is 3. The van der Waals surface area contributed by atoms with E-state index in [1.165, 1.54) is 38.4 Å². The zero-order valence-electron chi connectivity index (χ0n) is 19.1. The molecule has 0 aliphatic rings. The predicted octanol–water partition coefficient (Wildman–Crippen LogP) is -2.25. The monoisotopic (exact) mass is 586 g/mol. The molecule has 202 valence electrons. The molecule has 0 aromatic carbocycles. The first kappa shape index (κ1) is 33.6. The fraction of sp³-hybridized carbons (Fsp3) is 0.750. The van der Waals surface area contributed by atoms with Crippen LogP contribution in [-0.2, 0) is 40.1 Å². The third kappa shape index (κ3) is 7.55. The fourth-order valence-electron chi connectivity index (χ4n) is 3.15. The fourth-order valence-corrected chi connectivity index (χ4v) is 14.0. The minimum atomic E-state index is -5.87. The molecule has 0 saturated heterocycles. The van der Waals surface area contributed by atoms with Crippen molar-refractivity contribution in [3.63, 3.8) is 0 Å². The van der Waals surface area contributed by atoms with Crippen LogP contribution in [0.1, 0.15) is 39.0 Å². The van der Waals surface area contributed by atoms with Crippen LogP contribution >= 0.6 is 0 Å². The maximum Gasteiger partial charge on any atom is 0.330 e. The second-order valence-electron chi connectivity index (χ2n) is 6.91. The molecular weight excluding hydrogens is 560 g/mol. The van der Waals surface area contributed by atoms with E-state index in [4.69, 9.17) is 21.0 Å². The van der Waals surface area contributed by atoms with E-state index in [0.717, 1.165) is 0 Å². The van der Waals surface area contributed by atoms with Crippen molar-refractivity contribution in [3.8, 4) is 24.3 Å². The van der Waals surface area contributed by atoms with Gasteiger partial charge in [0.1, 0.15) is 5.25 Å². The molecule has 4 N–H and O–H groups in total. The van der Waals surface area contributed by atoms with Crippen LogP contribution in [0.4, 0.5) is 0 Å². The van der Waals surface area contributed by atoms with Crippen LogP contribution in [0.2, 0.25) is 0 Å². The normalized spacial score (nSPS) is 13.6. The van der Waals surface area contributed by atoms with Crippen LogP contribution in [0.3, 0.4) is 0 Å². The summed E-state index contributed by atoms with van der Waals surface area (Å²) in [6.45, 7) is -2.64. The molecular formula is C16H26N8O8S4. The molecule has 0 saturated carbocycles. The predicted molar refractivity (Wildman–Crippen MR) is 125 cm³/mol. The summed E-state index contributed by atoms with van der Waals surface area (Å²) in [6.07, 6.45) is 0.364. The lowest BCUT2D eigenvalue weighted by Crippen LogP contribution is -2.71. The Morgan fingerprint density at radius 2 is 0.972 bits per heavy atom. The average Bonchev–Trinajstić information content (AvgIpc) is 2.80. The van der Waals surface area contributed by atoms with Crippen LogP contribution < -0.4 is 18.9 Å². The van der Waals surface area contributed by atoms with Crippen molar-refractivity contribution >= 4 is 40.1 Å². The van der Waals surface area contributed by atoms with Gasteiger partial charge in [-0.1, -0.05) is 32.6 Å². The summed E-state index contributed by atoms with van der Waals surface area (Å²) in [4.78, 5) is 0. The number of sulfonamides is 4. The highest BCUT2D eigenvalue weighted by molar-refractivity contribution is 8.25. The summed E-state index contributed by atoms with van der Waals surface area (Å²) in [5.74, 6) is 0. The van der Waals surface area contributed by atoms with Gasteiger partial charge in [0.25, 0.3) is 30.1 Å². The zero-order chi connectivity index (χ0) is 28.1. The number of nitrogens with one attached hydrogen (secondary N) is 4. The zero-order valence-corrected chi connectivity index (χ0v) is 22.4. The highest BCUT2D eigenvalue weighted by Crippen LogP contribution is 2.39. The minimum Gasteiger partial charge on any atom is -0.212 e. The standard InChI is InChI=1S/C16H26N8O8S4/c1-2-3-4-5-6-15(33(25,26)21-11-7-17)16(34(27,28)22-12-8-18,35(29,30)23-13-9-19)36(31,32)24-14-10-20/h15,21-24H,2-6,11-14H2,1H3. The van der Waals surface area contributed by atoms with Crippen LogP contribution in [-0.4, -0.2) is 68.5 Å². The Balaban J connectivity index is 7.87. The number of rotatable bonds is 18. The summed E-state index contributed by atoms with van der Waals surface area (Å²) in [5, 5.41) is 32.5. The Labute approximate surface area is 211 Å². The molecule has 0 aromatic heterocycles. The topological polar surface area (TPSA) is 280 Å². The molecule has 36 heavy (non-hydrogen) atoms. The largest absolute Gasteiger partial charge is 0.330 e. The first-order valence-electron chi connectivity index (χ1n) is 10.1. The maximum atomic E-state index is 13.5. The molecule has 0 amide bonds. The van der Waals surface area contributed by atoms with Crippen LogP contribution in [0.25, 0.3) is 0 Å². The van der Waals surface area contributed by atoms with Gasteiger partial charge in [-0.2, -0.15) is 35.2 Å². The highest BCUT2D eigenvalue weighted by atomic mass is 32.3. The van der Waals surface area contributed by atoms with Gasteiger partial charge < -0.3 is 0 Å². The Morgan fingerprint density at radius 1 is 0.611 bits per heavy atom. The summed E-state index contributed by atoms with van der Waals surface area (Å²) in [6, 6.07) is 5.38. The lowest BCUT2D eigenvalue weighted by molar-refractivity contribution is 0.497. The van der Waals surface area contributed by atoms with E-state index in [1.807, 2.05) is 0 Å². The first-order chi connectivity index (χ1) is 16.7. The Kier molecular flexibility index (Phi) is 13.4. The number of hydrogen-bond donors (Lipinski definition) is 4. The van der Waals surface area contributed by atoms with Gasteiger partial charge in [0, 0.05) is 0 Å². The molecule has 1 unspecified atom stereocenters. The molecule has 20 heteroatoms. The molecule has 0 aliphatic heterocycles. The molecule has 0 fully saturated rings. The number of nitrogens with zero attached hydrogens (tertiary/aromatic N) is 4. The van der Waals surface area contributed by atoms with Crippen molar-refractivity contribution in [1.29, 1.82) is 21.0 Å². The quantitative estimate of drug-likeness (QED) is 0.0978. The highest BCUT2D eigenvalue weighted by Gasteiger charge is 2.72. The molecule has 0 bridgehead atoms. The Morgan fingerprint density at radius 3 is 1.31 bits per heavy atom. The van der Waals surface area contributed by atoms with Crippen LogP contribution in [0.15, 0.2) is 0 Å². The van der Waals surface area contributed by atoms with E-state index in [0.29, 0.717) is 12.8 Å². The molecule has 0 aromatic rings. The van der Waals surface area contributed by atoms with Gasteiger partial charge in [-0.05, 0) is 6.42 Å². The van der Waals surface area contributed by atoms with Gasteiger partial charge in [0.15, 0.2) is 0 Å². The van der Waals surface area contributed by atoms with Crippen molar-refractivity contribution < 1.29 is 33.7 Å². The second-order valence-corrected chi connectivity index (χ2v) is 15.5. The molecule has 0 aliphatic carbocycles. The third-order valence-electron chi connectivity index (χ3n) is 4.59. The number of hydrogen-bond acceptors (Lipinski definition) is 12. The molecule has 16 nitrogen and oxygen atoms in total. The van der Waals surface area contributed by atoms with E-state index in [-0.39, 0.29) is 12.8 Å². The summed E-state index contributed by atoms with van der Waals surface area (Å²) >= 11 is 0. The van der Waals surface area contributed by atoms with Gasteiger partial charge in [-0.3, -0.25) is 0 Å². The Bertz CT molecular complexity index is 1230. The summed E-state index contributed by atoms with van der Waals surface area (Å²) < 4.78 is 109. The number of nitriles is 4. The van der Waals surface area contributed by atoms with Gasteiger partial charge in [-0.15, -0.1) is 0 Å². The van der Waals surface area contributed by atoms with Gasteiger partial charge in [-0.25, -0.2) is 38.4 Å². The van der Waals surface area contributed by atoms with E-state index in [1.54, 1.807) is 11.6 Å². The first-order valence-corrected chi connectivity index (χ1v) is 16.1. The molecule has 0 radical (unpaired) electrons. The lowest BCUT2D eigenvalue weighted by atomic mass is 10.1. The Hall–Kier alpha value is -2.40.